The molecule has 0 aromatic rings. The van der Waals surface area contributed by atoms with Crippen LogP contribution in [0.3, 0.4) is 0 Å². The highest BCUT2D eigenvalue weighted by atomic mass is 32.2. The van der Waals surface area contributed by atoms with Crippen molar-refractivity contribution in [2.75, 3.05) is 19.5 Å². The second-order valence-electron chi connectivity index (χ2n) is 5.03. The lowest BCUT2D eigenvalue weighted by molar-refractivity contribution is -0.116. The number of hydrogen-bond donors (Lipinski definition) is 0. The minimum absolute atomic E-state index is 0.486. The van der Waals surface area contributed by atoms with E-state index in [0.717, 1.165) is 23.4 Å². The first-order valence-electron chi connectivity index (χ1n) is 7.13. The van der Waals surface area contributed by atoms with Crippen LogP contribution in [-0.2, 0) is 9.53 Å². The molecular weight excluding hydrogens is 270 g/mol. The highest BCUT2D eigenvalue weighted by Crippen LogP contribution is 2.33. The van der Waals surface area contributed by atoms with E-state index < -0.39 is 5.41 Å². The van der Waals surface area contributed by atoms with Crippen molar-refractivity contribution in [2.45, 2.75) is 40.0 Å². The van der Waals surface area contributed by atoms with Crippen LogP contribution in [0.2, 0.25) is 0 Å². The lowest BCUT2D eigenvalue weighted by Crippen LogP contribution is -2.38. The first-order chi connectivity index (χ1) is 9.63. The Bertz CT molecular complexity index is 418. The molecule has 1 rings (SSSR count). The highest BCUT2D eigenvalue weighted by Gasteiger charge is 2.36. The summed E-state index contributed by atoms with van der Waals surface area (Å²) in [4.78, 5) is 16.5. The Kier molecular flexibility index (Phi) is 7.24. The maximum Gasteiger partial charge on any atom is 0.132 e. The van der Waals surface area contributed by atoms with Crippen LogP contribution in [0.15, 0.2) is 27.7 Å². The molecule has 0 aromatic heterocycles. The van der Waals surface area contributed by atoms with Crippen LogP contribution in [0.25, 0.3) is 0 Å². The molecule has 0 aliphatic carbocycles. The Morgan fingerprint density at radius 1 is 1.40 bits per heavy atom. The molecule has 1 heterocycles. The molecule has 0 atom stereocenters. The zero-order valence-electron chi connectivity index (χ0n) is 12.9. The highest BCUT2D eigenvalue weighted by molar-refractivity contribution is 8.02. The fourth-order valence-corrected chi connectivity index (χ4v) is 2.90. The number of carbonyl (C=O) groups is 1. The minimum atomic E-state index is -0.486. The third-order valence-electron chi connectivity index (χ3n) is 3.76. The molecule has 0 amide bonds. The van der Waals surface area contributed by atoms with E-state index in [0.29, 0.717) is 26.1 Å². The van der Waals surface area contributed by atoms with Gasteiger partial charge in [-0.25, -0.2) is 4.99 Å². The Labute approximate surface area is 126 Å². The predicted molar refractivity (Wildman–Crippen MR) is 87.3 cm³/mol. The molecule has 1 aliphatic rings. The van der Waals surface area contributed by atoms with Crippen molar-refractivity contribution in [3.8, 4) is 0 Å². The van der Waals surface area contributed by atoms with Crippen molar-refractivity contribution in [2.24, 2.45) is 10.4 Å². The van der Waals surface area contributed by atoms with Crippen molar-refractivity contribution >= 4 is 23.8 Å². The van der Waals surface area contributed by atoms with Gasteiger partial charge < -0.3 is 9.53 Å². The molecule has 0 bridgehead atoms. The van der Waals surface area contributed by atoms with Crippen molar-refractivity contribution in [3.63, 3.8) is 0 Å². The lowest BCUT2D eigenvalue weighted by atomic mass is 9.77. The summed E-state index contributed by atoms with van der Waals surface area (Å²) in [5, 5.41) is 1.02. The predicted octanol–water partition coefficient (Wildman–Crippen LogP) is 4.00. The normalized spacial score (nSPS) is 20.9. The number of aldehydes is 1. The van der Waals surface area contributed by atoms with Crippen LogP contribution in [-0.4, -0.2) is 31.5 Å². The van der Waals surface area contributed by atoms with Gasteiger partial charge in [0.1, 0.15) is 6.29 Å². The number of rotatable bonds is 6. The first-order valence-corrected chi connectivity index (χ1v) is 8.35. The maximum atomic E-state index is 11.7. The van der Waals surface area contributed by atoms with Gasteiger partial charge in [0.15, 0.2) is 0 Å². The Hall–Kier alpha value is -0.870. The third-order valence-corrected chi connectivity index (χ3v) is 4.58. The summed E-state index contributed by atoms with van der Waals surface area (Å²) >= 11 is 1.64. The summed E-state index contributed by atoms with van der Waals surface area (Å²) in [6.07, 6.45) is 9.42. The van der Waals surface area contributed by atoms with Crippen molar-refractivity contribution in [1.29, 1.82) is 0 Å². The van der Waals surface area contributed by atoms with Crippen LogP contribution in [0, 0.1) is 5.41 Å². The van der Waals surface area contributed by atoms with E-state index in [-0.39, 0.29) is 0 Å². The number of ether oxygens (including phenoxy) is 1. The number of hydrogen-bond acceptors (Lipinski definition) is 4. The second-order valence-corrected chi connectivity index (χ2v) is 5.82. The minimum Gasteiger partial charge on any atom is -0.381 e. The molecule has 20 heavy (non-hydrogen) atoms. The lowest BCUT2D eigenvalue weighted by Gasteiger charge is -2.32. The molecule has 0 radical (unpaired) electrons. The van der Waals surface area contributed by atoms with E-state index in [2.05, 4.69) is 13.8 Å². The number of allylic oxidation sites excluding steroid dienone is 3. The van der Waals surface area contributed by atoms with Crippen LogP contribution in [0.5, 0.6) is 0 Å². The van der Waals surface area contributed by atoms with Gasteiger partial charge in [-0.1, -0.05) is 13.0 Å². The topological polar surface area (TPSA) is 38.7 Å². The van der Waals surface area contributed by atoms with Gasteiger partial charge in [-0.3, -0.25) is 0 Å². The van der Waals surface area contributed by atoms with Gasteiger partial charge in [0.25, 0.3) is 0 Å². The van der Waals surface area contributed by atoms with Crippen LogP contribution >= 0.6 is 11.8 Å². The SMILES string of the molecule is C\C=C/C(=N/C(SC)=C(\C)CC)C1(C=O)CCOCC1. The molecular formula is C16H25NO2S. The molecule has 0 spiro atoms. The zero-order chi connectivity index (χ0) is 15.0. The number of aliphatic imine (C=N–C) groups is 1. The number of thioether (sulfide) groups is 1. The van der Waals surface area contributed by atoms with Gasteiger partial charge in [0, 0.05) is 13.2 Å². The van der Waals surface area contributed by atoms with E-state index >= 15 is 0 Å². The van der Waals surface area contributed by atoms with Crippen molar-refractivity contribution in [1.82, 2.24) is 0 Å². The summed E-state index contributed by atoms with van der Waals surface area (Å²) in [5.41, 5.74) is 1.64. The van der Waals surface area contributed by atoms with E-state index in [1.165, 1.54) is 5.57 Å². The molecule has 0 N–H and O–H groups in total. The van der Waals surface area contributed by atoms with Gasteiger partial charge in [0.2, 0.25) is 0 Å². The van der Waals surface area contributed by atoms with E-state index in [9.17, 15) is 4.79 Å². The summed E-state index contributed by atoms with van der Waals surface area (Å²) in [5.74, 6) is 0. The molecule has 1 aliphatic heterocycles. The fraction of sp³-hybridized carbons (Fsp3) is 0.625. The Morgan fingerprint density at radius 2 is 2.05 bits per heavy atom. The van der Waals surface area contributed by atoms with Gasteiger partial charge in [0.05, 0.1) is 16.2 Å². The fourth-order valence-electron chi connectivity index (χ4n) is 2.22. The molecule has 1 saturated heterocycles. The maximum absolute atomic E-state index is 11.7. The third kappa shape index (κ3) is 4.06. The van der Waals surface area contributed by atoms with Crippen LogP contribution < -0.4 is 0 Å². The summed E-state index contributed by atoms with van der Waals surface area (Å²) in [6, 6.07) is 0. The van der Waals surface area contributed by atoms with Crippen LogP contribution in [0.4, 0.5) is 0 Å². The van der Waals surface area contributed by atoms with Crippen molar-refractivity contribution in [3.05, 3.63) is 22.8 Å². The molecule has 0 saturated carbocycles. The summed E-state index contributed by atoms with van der Waals surface area (Å²) < 4.78 is 5.40. The molecule has 112 valence electrons. The van der Waals surface area contributed by atoms with Gasteiger partial charge in [-0.05, 0) is 51.0 Å². The number of nitrogens with zero attached hydrogens (tertiary/aromatic N) is 1. The summed E-state index contributed by atoms with van der Waals surface area (Å²) in [7, 11) is 0. The largest absolute Gasteiger partial charge is 0.381 e. The molecule has 0 aromatic carbocycles. The smallest absolute Gasteiger partial charge is 0.132 e. The molecule has 0 unspecified atom stereocenters. The number of carbonyl (C=O) groups excluding carboxylic acids is 1. The zero-order valence-corrected chi connectivity index (χ0v) is 13.8. The van der Waals surface area contributed by atoms with Crippen molar-refractivity contribution < 1.29 is 9.53 Å². The average molecular weight is 295 g/mol. The molecule has 3 nitrogen and oxygen atoms in total. The van der Waals surface area contributed by atoms with Gasteiger partial charge in [-0.15, -0.1) is 11.8 Å². The Balaban J connectivity index is 3.24. The Morgan fingerprint density at radius 3 is 2.50 bits per heavy atom. The monoisotopic (exact) mass is 295 g/mol. The molecule has 4 heteroatoms. The van der Waals surface area contributed by atoms with Gasteiger partial charge in [-0.2, -0.15) is 0 Å². The van der Waals surface area contributed by atoms with E-state index in [4.69, 9.17) is 9.73 Å². The standard InChI is InChI=1S/C16H25NO2S/c1-5-7-14(17-15(20-4)13(3)6-2)16(12-18)8-10-19-11-9-16/h5,7,12H,6,8-11H2,1-4H3/b7-5-,15-13-,17-14-. The van der Waals surface area contributed by atoms with Crippen LogP contribution in [0.1, 0.15) is 40.0 Å². The second kappa shape index (κ2) is 8.42. The van der Waals surface area contributed by atoms with E-state index in [1.54, 1.807) is 11.8 Å². The average Bonchev–Trinajstić information content (AvgIpc) is 2.51. The first kappa shape index (κ1) is 17.2. The summed E-state index contributed by atoms with van der Waals surface area (Å²) in [6.45, 7) is 7.43. The quantitative estimate of drug-likeness (QED) is 0.549. The van der Waals surface area contributed by atoms with Gasteiger partial charge >= 0.3 is 0 Å². The molecule has 1 fully saturated rings. The van der Waals surface area contributed by atoms with E-state index in [1.807, 2.05) is 25.3 Å².